The predicted octanol–water partition coefficient (Wildman–Crippen LogP) is 2.92. The molecule has 0 bridgehead atoms. The standard InChI is InChI=1S/C10H12OS/c1-7-5-4-6-9(12-3)10(7)8(2)11/h4-6H,1-3H3. The first-order valence-corrected chi connectivity index (χ1v) is 5.04. The monoisotopic (exact) mass is 180 g/mol. The largest absolute Gasteiger partial charge is 0.294 e. The maximum Gasteiger partial charge on any atom is 0.161 e. The number of rotatable bonds is 2. The van der Waals surface area contributed by atoms with Crippen molar-refractivity contribution in [2.75, 3.05) is 6.26 Å². The van der Waals surface area contributed by atoms with Gasteiger partial charge in [0.2, 0.25) is 0 Å². The summed E-state index contributed by atoms with van der Waals surface area (Å²) in [5, 5.41) is 0. The summed E-state index contributed by atoms with van der Waals surface area (Å²) in [7, 11) is 0. The van der Waals surface area contributed by atoms with Gasteiger partial charge in [0.25, 0.3) is 0 Å². The van der Waals surface area contributed by atoms with Gasteiger partial charge in [0.15, 0.2) is 5.78 Å². The van der Waals surface area contributed by atoms with Crippen LogP contribution in [0, 0.1) is 6.92 Å². The SMILES string of the molecule is CSc1cccc(C)c1C(C)=O. The molecule has 0 aliphatic heterocycles. The smallest absolute Gasteiger partial charge is 0.161 e. The molecule has 0 aliphatic rings. The third-order valence-corrected chi connectivity index (χ3v) is 2.59. The number of hydrogen-bond acceptors (Lipinski definition) is 2. The zero-order valence-electron chi connectivity index (χ0n) is 7.55. The highest BCUT2D eigenvalue weighted by Crippen LogP contribution is 2.23. The van der Waals surface area contributed by atoms with Crippen molar-refractivity contribution >= 4 is 17.5 Å². The van der Waals surface area contributed by atoms with E-state index in [4.69, 9.17) is 0 Å². The van der Waals surface area contributed by atoms with Crippen molar-refractivity contribution in [3.05, 3.63) is 29.3 Å². The van der Waals surface area contributed by atoms with Gasteiger partial charge in [-0.1, -0.05) is 12.1 Å². The number of carbonyl (C=O) groups excluding carboxylic acids is 1. The molecule has 0 N–H and O–H groups in total. The van der Waals surface area contributed by atoms with Crippen molar-refractivity contribution < 1.29 is 4.79 Å². The molecule has 0 saturated carbocycles. The van der Waals surface area contributed by atoms with Gasteiger partial charge in [-0.25, -0.2) is 0 Å². The van der Waals surface area contributed by atoms with Gasteiger partial charge in [0.05, 0.1) is 0 Å². The summed E-state index contributed by atoms with van der Waals surface area (Å²) in [4.78, 5) is 12.3. The molecule has 0 aromatic heterocycles. The Bertz CT molecular complexity index is 305. The summed E-state index contributed by atoms with van der Waals surface area (Å²) in [6, 6.07) is 5.93. The van der Waals surface area contributed by atoms with E-state index >= 15 is 0 Å². The molecule has 1 nitrogen and oxygen atoms in total. The van der Waals surface area contributed by atoms with Crippen LogP contribution in [0.5, 0.6) is 0 Å². The van der Waals surface area contributed by atoms with Gasteiger partial charge in [-0.05, 0) is 31.7 Å². The number of thioether (sulfide) groups is 1. The minimum atomic E-state index is 0.150. The third kappa shape index (κ3) is 1.69. The van der Waals surface area contributed by atoms with Gasteiger partial charge in [0, 0.05) is 10.5 Å². The lowest BCUT2D eigenvalue weighted by molar-refractivity contribution is 0.101. The molecule has 0 aliphatic carbocycles. The molecule has 1 rings (SSSR count). The van der Waals surface area contributed by atoms with Gasteiger partial charge < -0.3 is 0 Å². The second kappa shape index (κ2) is 3.76. The van der Waals surface area contributed by atoms with Gasteiger partial charge >= 0.3 is 0 Å². The van der Waals surface area contributed by atoms with E-state index in [1.165, 1.54) is 0 Å². The normalized spacial score (nSPS) is 9.92. The first kappa shape index (κ1) is 9.33. The topological polar surface area (TPSA) is 17.1 Å². The van der Waals surface area contributed by atoms with Gasteiger partial charge in [-0.15, -0.1) is 11.8 Å². The van der Waals surface area contributed by atoms with Crippen molar-refractivity contribution in [2.45, 2.75) is 18.7 Å². The van der Waals surface area contributed by atoms with E-state index in [-0.39, 0.29) is 5.78 Å². The van der Waals surface area contributed by atoms with Crippen molar-refractivity contribution in [3.8, 4) is 0 Å². The Morgan fingerprint density at radius 3 is 2.50 bits per heavy atom. The fourth-order valence-corrected chi connectivity index (χ4v) is 1.99. The molecule has 0 saturated heterocycles. The number of ketones is 1. The summed E-state index contributed by atoms with van der Waals surface area (Å²) in [5.41, 5.74) is 1.93. The molecule has 0 atom stereocenters. The van der Waals surface area contributed by atoms with Crippen LogP contribution < -0.4 is 0 Å². The average Bonchev–Trinajstić information content (AvgIpc) is 2.03. The quantitative estimate of drug-likeness (QED) is 0.514. The van der Waals surface area contributed by atoms with E-state index in [0.29, 0.717) is 0 Å². The fourth-order valence-electron chi connectivity index (χ4n) is 1.26. The molecule has 0 spiro atoms. The predicted molar refractivity (Wildman–Crippen MR) is 53.0 cm³/mol. The van der Waals surface area contributed by atoms with E-state index in [2.05, 4.69) is 0 Å². The van der Waals surface area contributed by atoms with E-state index in [1.807, 2.05) is 31.4 Å². The van der Waals surface area contributed by atoms with Gasteiger partial charge in [0.1, 0.15) is 0 Å². The van der Waals surface area contributed by atoms with Gasteiger partial charge in [-0.3, -0.25) is 4.79 Å². The highest BCUT2D eigenvalue weighted by Gasteiger charge is 2.08. The maximum atomic E-state index is 11.2. The zero-order valence-corrected chi connectivity index (χ0v) is 8.37. The molecule has 0 amide bonds. The van der Waals surface area contributed by atoms with Crippen LogP contribution in [-0.4, -0.2) is 12.0 Å². The molecule has 1 aromatic rings. The van der Waals surface area contributed by atoms with Crippen LogP contribution in [0.1, 0.15) is 22.8 Å². The van der Waals surface area contributed by atoms with E-state index in [0.717, 1.165) is 16.0 Å². The lowest BCUT2D eigenvalue weighted by Gasteiger charge is -2.06. The zero-order chi connectivity index (χ0) is 9.14. The maximum absolute atomic E-state index is 11.2. The first-order valence-electron chi connectivity index (χ1n) is 3.81. The third-order valence-electron chi connectivity index (χ3n) is 1.81. The van der Waals surface area contributed by atoms with Crippen LogP contribution in [-0.2, 0) is 0 Å². The summed E-state index contributed by atoms with van der Waals surface area (Å²) in [6.45, 7) is 3.58. The van der Waals surface area contributed by atoms with Crippen LogP contribution >= 0.6 is 11.8 Å². The van der Waals surface area contributed by atoms with Crippen molar-refractivity contribution in [1.82, 2.24) is 0 Å². The number of carbonyl (C=O) groups is 1. The molecular weight excluding hydrogens is 168 g/mol. The molecule has 1 aromatic carbocycles. The molecular formula is C10H12OS. The molecule has 0 radical (unpaired) electrons. The average molecular weight is 180 g/mol. The molecule has 12 heavy (non-hydrogen) atoms. The Labute approximate surface area is 77.2 Å². The number of Topliss-reactive ketones (excluding diaryl/α,β-unsaturated/α-hetero) is 1. The van der Waals surface area contributed by atoms with E-state index in [9.17, 15) is 4.79 Å². The Balaban J connectivity index is 3.29. The Morgan fingerprint density at radius 2 is 2.08 bits per heavy atom. The van der Waals surface area contributed by atoms with Crippen molar-refractivity contribution in [3.63, 3.8) is 0 Å². The summed E-state index contributed by atoms with van der Waals surface area (Å²) >= 11 is 1.62. The lowest BCUT2D eigenvalue weighted by atomic mass is 10.1. The highest BCUT2D eigenvalue weighted by atomic mass is 32.2. The summed E-state index contributed by atoms with van der Waals surface area (Å²) in [6.07, 6.45) is 1.99. The Kier molecular flexibility index (Phi) is 2.93. The van der Waals surface area contributed by atoms with E-state index in [1.54, 1.807) is 18.7 Å². The highest BCUT2D eigenvalue weighted by molar-refractivity contribution is 7.98. The number of hydrogen-bond donors (Lipinski definition) is 0. The number of benzene rings is 1. The van der Waals surface area contributed by atoms with E-state index < -0.39 is 0 Å². The molecule has 0 heterocycles. The minimum absolute atomic E-state index is 0.150. The Hall–Kier alpha value is -0.760. The van der Waals surface area contributed by atoms with Crippen LogP contribution in [0.2, 0.25) is 0 Å². The van der Waals surface area contributed by atoms with Crippen molar-refractivity contribution in [2.24, 2.45) is 0 Å². The number of aryl methyl sites for hydroxylation is 1. The molecule has 2 heteroatoms. The second-order valence-corrected chi connectivity index (χ2v) is 3.56. The summed E-state index contributed by atoms with van der Waals surface area (Å²) in [5.74, 6) is 0.150. The summed E-state index contributed by atoms with van der Waals surface area (Å²) < 4.78 is 0. The lowest BCUT2D eigenvalue weighted by Crippen LogP contribution is -1.98. The Morgan fingerprint density at radius 1 is 1.42 bits per heavy atom. The minimum Gasteiger partial charge on any atom is -0.294 e. The molecule has 0 fully saturated rings. The fraction of sp³-hybridized carbons (Fsp3) is 0.300. The second-order valence-electron chi connectivity index (χ2n) is 2.71. The molecule has 64 valence electrons. The van der Waals surface area contributed by atoms with Gasteiger partial charge in [-0.2, -0.15) is 0 Å². The van der Waals surface area contributed by atoms with Crippen LogP contribution in [0.3, 0.4) is 0 Å². The van der Waals surface area contributed by atoms with Crippen LogP contribution in [0.25, 0.3) is 0 Å². The van der Waals surface area contributed by atoms with Crippen LogP contribution in [0.15, 0.2) is 23.1 Å². The van der Waals surface area contributed by atoms with Crippen molar-refractivity contribution in [1.29, 1.82) is 0 Å². The molecule has 0 unspecified atom stereocenters. The van der Waals surface area contributed by atoms with Crippen LogP contribution in [0.4, 0.5) is 0 Å². The first-order chi connectivity index (χ1) is 5.66.